The van der Waals surface area contributed by atoms with Crippen molar-refractivity contribution in [2.45, 2.75) is 32.4 Å². The Bertz CT molecular complexity index is 590. The van der Waals surface area contributed by atoms with E-state index < -0.39 is 34.8 Å². The fourth-order valence-electron chi connectivity index (χ4n) is 1.84. The summed E-state index contributed by atoms with van der Waals surface area (Å²) < 4.78 is 37.4. The molecule has 5 nitrogen and oxygen atoms in total. The Labute approximate surface area is 133 Å². The predicted octanol–water partition coefficient (Wildman–Crippen LogP) is 3.48. The zero-order valence-corrected chi connectivity index (χ0v) is 14.2. The maximum atomic E-state index is 14.2. The smallest absolute Gasteiger partial charge is 0.424 e. The molecule has 0 bridgehead atoms. The molecule has 1 unspecified atom stereocenters. The summed E-state index contributed by atoms with van der Waals surface area (Å²) in [6, 6.07) is 3.91. The molecule has 0 N–H and O–H groups in total. The highest BCUT2D eigenvalue weighted by Crippen LogP contribution is 2.34. The number of rotatable bonds is 1. The number of carbonyl (C=O) groups is 1. The summed E-state index contributed by atoms with van der Waals surface area (Å²) in [5, 5.41) is 0. The van der Waals surface area contributed by atoms with E-state index in [0.717, 1.165) is 4.31 Å². The van der Waals surface area contributed by atoms with Crippen LogP contribution < -0.4 is 0 Å². The second-order valence-electron chi connectivity index (χ2n) is 5.47. The second-order valence-corrected chi connectivity index (χ2v) is 7.38. The van der Waals surface area contributed by atoms with E-state index in [9.17, 15) is 13.4 Å². The first-order valence-electron chi connectivity index (χ1n) is 6.22. The molecule has 1 aromatic carbocycles. The van der Waals surface area contributed by atoms with E-state index in [1.165, 1.54) is 6.07 Å². The van der Waals surface area contributed by atoms with Crippen LogP contribution in [0.3, 0.4) is 0 Å². The van der Waals surface area contributed by atoms with E-state index in [2.05, 4.69) is 15.9 Å². The van der Waals surface area contributed by atoms with Crippen LogP contribution in [0.4, 0.5) is 9.18 Å². The van der Waals surface area contributed by atoms with Crippen LogP contribution >= 0.6 is 15.9 Å². The van der Waals surface area contributed by atoms with Gasteiger partial charge in [0.15, 0.2) is 0 Å². The Morgan fingerprint density at radius 3 is 2.81 bits per heavy atom. The summed E-state index contributed by atoms with van der Waals surface area (Å²) in [5.74, 6) is -0.515. The van der Waals surface area contributed by atoms with Gasteiger partial charge in [-0.25, -0.2) is 13.4 Å². The van der Waals surface area contributed by atoms with E-state index >= 15 is 0 Å². The lowest BCUT2D eigenvalue weighted by Crippen LogP contribution is -2.37. The maximum Gasteiger partial charge on any atom is 0.424 e. The Morgan fingerprint density at radius 1 is 1.52 bits per heavy atom. The molecule has 0 aliphatic carbocycles. The van der Waals surface area contributed by atoms with Gasteiger partial charge in [-0.1, -0.05) is 12.1 Å². The third-order valence-electron chi connectivity index (χ3n) is 2.68. The van der Waals surface area contributed by atoms with Crippen LogP contribution in [0, 0.1) is 5.82 Å². The van der Waals surface area contributed by atoms with E-state index in [-0.39, 0.29) is 16.6 Å². The van der Waals surface area contributed by atoms with Crippen molar-refractivity contribution in [3.8, 4) is 0 Å². The minimum Gasteiger partial charge on any atom is -0.443 e. The van der Waals surface area contributed by atoms with Crippen molar-refractivity contribution in [2.24, 2.45) is 0 Å². The highest BCUT2D eigenvalue weighted by atomic mass is 79.9. The predicted molar refractivity (Wildman–Crippen MR) is 79.0 cm³/mol. The van der Waals surface area contributed by atoms with Crippen LogP contribution in [-0.2, 0) is 20.2 Å². The number of carbonyl (C=O) groups excluding carboxylic acids is 1. The second kappa shape index (κ2) is 6.02. The lowest BCUT2D eigenvalue weighted by molar-refractivity contribution is 0.0360. The summed E-state index contributed by atoms with van der Waals surface area (Å²) >= 11 is 1.09. The molecule has 1 heterocycles. The van der Waals surface area contributed by atoms with Gasteiger partial charge in [0.1, 0.15) is 17.5 Å². The lowest BCUT2D eigenvalue weighted by atomic mass is 10.1. The van der Waals surface area contributed by atoms with Crippen molar-refractivity contribution in [3.05, 3.63) is 34.1 Å². The van der Waals surface area contributed by atoms with Gasteiger partial charge < -0.3 is 4.74 Å². The number of hydrogen-bond acceptors (Lipinski definition) is 4. The van der Waals surface area contributed by atoms with Crippen LogP contribution in [0.15, 0.2) is 22.7 Å². The standard InChI is InChI=1S/C13H15BrFNO4S/c1-13(2,3)20-12(17)16-10(7-19-21(16)18)8-5-4-6-9(14)11(8)15/h4-6,10H,7H2,1-3H3/t10-,21?/m1/s1. The van der Waals surface area contributed by atoms with Crippen molar-refractivity contribution in [3.63, 3.8) is 0 Å². The van der Waals surface area contributed by atoms with Gasteiger partial charge in [-0.3, -0.25) is 4.18 Å². The third kappa shape index (κ3) is 3.61. The molecule has 0 aromatic heterocycles. The van der Waals surface area contributed by atoms with Gasteiger partial charge >= 0.3 is 6.09 Å². The highest BCUT2D eigenvalue weighted by molar-refractivity contribution is 9.10. The molecule has 1 aliphatic heterocycles. The molecular formula is C13H15BrFNO4S. The number of benzene rings is 1. The van der Waals surface area contributed by atoms with E-state index in [0.29, 0.717) is 0 Å². The van der Waals surface area contributed by atoms with Crippen molar-refractivity contribution in [1.82, 2.24) is 4.31 Å². The molecule has 1 amide bonds. The minimum atomic E-state index is -1.99. The zero-order chi connectivity index (χ0) is 15.8. The minimum absolute atomic E-state index is 0.0563. The summed E-state index contributed by atoms with van der Waals surface area (Å²) in [6.07, 6.45) is -0.803. The normalized spacial score (nSPS) is 22.4. The van der Waals surface area contributed by atoms with Crippen LogP contribution in [0.1, 0.15) is 32.4 Å². The number of amides is 1. The first-order valence-corrected chi connectivity index (χ1v) is 8.04. The van der Waals surface area contributed by atoms with Crippen LogP contribution in [0.25, 0.3) is 0 Å². The first-order chi connectivity index (χ1) is 9.70. The molecule has 1 aliphatic rings. The monoisotopic (exact) mass is 379 g/mol. The molecule has 21 heavy (non-hydrogen) atoms. The fraction of sp³-hybridized carbons (Fsp3) is 0.462. The number of ether oxygens (including phenoxy) is 1. The molecule has 1 aromatic rings. The van der Waals surface area contributed by atoms with Crippen LogP contribution in [0.2, 0.25) is 0 Å². The number of nitrogens with zero attached hydrogens (tertiary/aromatic N) is 1. The summed E-state index contributed by atoms with van der Waals surface area (Å²) in [7, 11) is 0. The third-order valence-corrected chi connectivity index (χ3v) is 4.36. The molecule has 116 valence electrons. The fourth-order valence-corrected chi connectivity index (χ4v) is 3.12. The van der Waals surface area contributed by atoms with Gasteiger partial charge in [-0.15, -0.1) is 0 Å². The average molecular weight is 380 g/mol. The summed E-state index contributed by atoms with van der Waals surface area (Å²) in [4.78, 5) is 12.1. The number of halogens is 2. The summed E-state index contributed by atoms with van der Waals surface area (Å²) in [6.45, 7) is 5.03. The van der Waals surface area contributed by atoms with Gasteiger partial charge in [0.2, 0.25) is 0 Å². The topological polar surface area (TPSA) is 55.8 Å². The largest absolute Gasteiger partial charge is 0.443 e. The van der Waals surface area contributed by atoms with Gasteiger partial charge in [0, 0.05) is 5.56 Å². The highest BCUT2D eigenvalue weighted by Gasteiger charge is 2.41. The Balaban J connectivity index is 2.33. The molecule has 1 fully saturated rings. The average Bonchev–Trinajstić information content (AvgIpc) is 2.72. The lowest BCUT2D eigenvalue weighted by Gasteiger charge is -2.26. The van der Waals surface area contributed by atoms with E-state index in [1.54, 1.807) is 32.9 Å². The van der Waals surface area contributed by atoms with Crippen molar-refractivity contribution in [1.29, 1.82) is 0 Å². The molecule has 1 saturated heterocycles. The Kier molecular flexibility index (Phi) is 4.69. The maximum absolute atomic E-state index is 14.2. The molecule has 0 spiro atoms. The number of hydrogen-bond donors (Lipinski definition) is 0. The quantitative estimate of drug-likeness (QED) is 0.749. The van der Waals surface area contributed by atoms with E-state index in [1.807, 2.05) is 0 Å². The van der Waals surface area contributed by atoms with E-state index in [4.69, 9.17) is 8.92 Å². The molecule has 0 saturated carbocycles. The zero-order valence-electron chi connectivity index (χ0n) is 11.8. The summed E-state index contributed by atoms with van der Waals surface area (Å²) in [5.41, 5.74) is -0.523. The molecule has 8 heteroatoms. The molecular weight excluding hydrogens is 365 g/mol. The van der Waals surface area contributed by atoms with Gasteiger partial charge in [0.05, 0.1) is 11.1 Å². The van der Waals surface area contributed by atoms with Crippen LogP contribution in [-0.4, -0.2) is 26.8 Å². The first kappa shape index (κ1) is 16.4. The van der Waals surface area contributed by atoms with Crippen molar-refractivity contribution >= 4 is 33.3 Å². The van der Waals surface area contributed by atoms with Crippen molar-refractivity contribution in [2.75, 3.05) is 6.61 Å². The Hall–Kier alpha value is -0.990. The van der Waals surface area contributed by atoms with Gasteiger partial charge in [0.25, 0.3) is 11.3 Å². The van der Waals surface area contributed by atoms with Crippen LogP contribution in [0.5, 0.6) is 0 Å². The molecule has 2 rings (SSSR count). The Morgan fingerprint density at radius 2 is 2.19 bits per heavy atom. The SMILES string of the molecule is CC(C)(C)OC(=O)N1[C@@H](c2cccc(Br)c2F)COS1=O. The molecule has 0 radical (unpaired) electrons. The van der Waals surface area contributed by atoms with Gasteiger partial charge in [-0.05, 0) is 42.8 Å². The van der Waals surface area contributed by atoms with Crippen molar-refractivity contribution < 1.29 is 22.3 Å². The van der Waals surface area contributed by atoms with Gasteiger partial charge in [-0.2, -0.15) is 4.31 Å². The molecule has 2 atom stereocenters.